The zero-order valence-electron chi connectivity index (χ0n) is 15.9. The van der Waals surface area contributed by atoms with Crippen LogP contribution in [0, 0.1) is 0 Å². The molecule has 0 bridgehead atoms. The van der Waals surface area contributed by atoms with Crippen molar-refractivity contribution in [2.45, 2.75) is 32.3 Å². The number of nitrogens with zero attached hydrogens (tertiary/aromatic N) is 1. The number of aliphatic imine (C=N–C) groups is 1. The second kappa shape index (κ2) is 10.3. The highest BCUT2D eigenvalue weighted by Crippen LogP contribution is 2.31. The minimum absolute atomic E-state index is 0.0611. The standard InChI is InChI=1S/C20H25N3O4S/c1-2-26-20(25)11-14-10-19(23-17-8-4-3-7-16(17)22-14)28-13-18(24)21-12-15-6-5-9-27-15/h3-4,7-8,10,15,22H,2,5-6,9,11-13H2,1H3,(H,21,24)/t15-/m1/s1. The number of benzene rings is 1. The maximum Gasteiger partial charge on any atom is 0.311 e. The van der Waals surface area contributed by atoms with Crippen molar-refractivity contribution in [2.24, 2.45) is 4.99 Å². The predicted octanol–water partition coefficient (Wildman–Crippen LogP) is 3.01. The van der Waals surface area contributed by atoms with Crippen LogP contribution in [0.25, 0.3) is 0 Å². The average Bonchev–Trinajstić information content (AvgIpc) is 3.13. The van der Waals surface area contributed by atoms with Gasteiger partial charge < -0.3 is 20.1 Å². The lowest BCUT2D eigenvalue weighted by molar-refractivity contribution is -0.142. The fourth-order valence-corrected chi connectivity index (χ4v) is 3.72. The van der Waals surface area contributed by atoms with Crippen LogP contribution in [0.5, 0.6) is 0 Å². The number of anilines is 1. The Morgan fingerprint density at radius 2 is 2.25 bits per heavy atom. The van der Waals surface area contributed by atoms with Gasteiger partial charge in [-0.2, -0.15) is 0 Å². The lowest BCUT2D eigenvalue weighted by atomic mass is 10.2. The predicted molar refractivity (Wildman–Crippen MR) is 111 cm³/mol. The SMILES string of the molecule is CCOC(=O)CC1=CC(SCC(=O)NC[C@H]2CCCO2)=Nc2ccccc2N1. The third-order valence-electron chi connectivity index (χ3n) is 4.27. The molecule has 0 aliphatic carbocycles. The lowest BCUT2D eigenvalue weighted by Gasteiger charge is -2.10. The van der Waals surface area contributed by atoms with E-state index in [2.05, 4.69) is 15.6 Å². The van der Waals surface area contributed by atoms with Crippen LogP contribution in [0.4, 0.5) is 11.4 Å². The molecule has 1 atom stereocenters. The number of para-hydroxylation sites is 2. The summed E-state index contributed by atoms with van der Waals surface area (Å²) < 4.78 is 10.6. The average molecular weight is 404 g/mol. The fourth-order valence-electron chi connectivity index (χ4n) is 2.95. The van der Waals surface area contributed by atoms with E-state index in [4.69, 9.17) is 9.47 Å². The number of amides is 1. The van der Waals surface area contributed by atoms with Gasteiger partial charge in [0.05, 0.1) is 41.3 Å². The summed E-state index contributed by atoms with van der Waals surface area (Å²) in [6.45, 7) is 3.43. The van der Waals surface area contributed by atoms with Crippen molar-refractivity contribution in [2.75, 3.05) is 30.8 Å². The van der Waals surface area contributed by atoms with Crippen molar-refractivity contribution in [3.8, 4) is 0 Å². The van der Waals surface area contributed by atoms with Gasteiger partial charge in [0.25, 0.3) is 0 Å². The van der Waals surface area contributed by atoms with Gasteiger partial charge in [0.1, 0.15) is 0 Å². The molecular weight excluding hydrogens is 378 g/mol. The molecule has 150 valence electrons. The molecule has 3 rings (SSSR count). The van der Waals surface area contributed by atoms with Gasteiger partial charge >= 0.3 is 5.97 Å². The van der Waals surface area contributed by atoms with E-state index in [1.165, 1.54) is 11.8 Å². The molecule has 1 amide bonds. The zero-order chi connectivity index (χ0) is 19.8. The molecule has 1 aromatic carbocycles. The molecule has 8 heteroatoms. The smallest absolute Gasteiger partial charge is 0.311 e. The van der Waals surface area contributed by atoms with Gasteiger partial charge in [0.15, 0.2) is 0 Å². The highest BCUT2D eigenvalue weighted by atomic mass is 32.2. The Labute approximate surface area is 169 Å². The minimum Gasteiger partial charge on any atom is -0.466 e. The number of thioether (sulfide) groups is 1. The molecule has 2 heterocycles. The number of carbonyl (C=O) groups is 2. The zero-order valence-corrected chi connectivity index (χ0v) is 16.7. The van der Waals surface area contributed by atoms with Gasteiger partial charge in [0, 0.05) is 18.8 Å². The number of nitrogens with one attached hydrogen (secondary N) is 2. The normalized spacial score (nSPS) is 18.2. The van der Waals surface area contributed by atoms with Gasteiger partial charge in [-0.25, -0.2) is 4.99 Å². The Morgan fingerprint density at radius 1 is 1.39 bits per heavy atom. The first-order chi connectivity index (χ1) is 13.6. The second-order valence-corrected chi connectivity index (χ2v) is 7.47. The van der Waals surface area contributed by atoms with Crippen LogP contribution in [0.3, 0.4) is 0 Å². The second-order valence-electron chi connectivity index (χ2n) is 6.47. The molecule has 2 N–H and O–H groups in total. The molecule has 0 spiro atoms. The largest absolute Gasteiger partial charge is 0.466 e. The van der Waals surface area contributed by atoms with Gasteiger partial charge in [-0.15, -0.1) is 0 Å². The number of hydrogen-bond acceptors (Lipinski definition) is 7. The summed E-state index contributed by atoms with van der Waals surface area (Å²) in [4.78, 5) is 28.7. The number of esters is 1. The lowest BCUT2D eigenvalue weighted by Crippen LogP contribution is -2.33. The van der Waals surface area contributed by atoms with E-state index in [0.717, 1.165) is 30.8 Å². The summed E-state index contributed by atoms with van der Waals surface area (Å²) in [6.07, 6.45) is 4.08. The number of hydrogen-bond donors (Lipinski definition) is 2. The molecule has 7 nitrogen and oxygen atoms in total. The molecule has 0 radical (unpaired) electrons. The minimum atomic E-state index is -0.306. The number of fused-ring (bicyclic) bond motifs is 1. The molecule has 2 aliphatic heterocycles. The number of carbonyl (C=O) groups excluding carboxylic acids is 2. The molecule has 0 saturated carbocycles. The number of rotatable bonds is 7. The topological polar surface area (TPSA) is 89.0 Å². The van der Waals surface area contributed by atoms with Crippen molar-refractivity contribution in [3.63, 3.8) is 0 Å². The van der Waals surface area contributed by atoms with E-state index in [0.29, 0.717) is 23.9 Å². The Morgan fingerprint density at radius 3 is 3.04 bits per heavy atom. The van der Waals surface area contributed by atoms with E-state index in [1.807, 2.05) is 24.3 Å². The summed E-state index contributed by atoms with van der Waals surface area (Å²) in [5.41, 5.74) is 2.27. The van der Waals surface area contributed by atoms with Crippen LogP contribution in [0.15, 0.2) is 41.0 Å². The van der Waals surface area contributed by atoms with Crippen molar-refractivity contribution in [3.05, 3.63) is 36.0 Å². The molecule has 0 aromatic heterocycles. The van der Waals surface area contributed by atoms with Gasteiger partial charge in [-0.1, -0.05) is 23.9 Å². The highest BCUT2D eigenvalue weighted by molar-refractivity contribution is 8.14. The van der Waals surface area contributed by atoms with Crippen molar-refractivity contribution >= 4 is 40.1 Å². The van der Waals surface area contributed by atoms with Crippen molar-refractivity contribution in [1.29, 1.82) is 0 Å². The van der Waals surface area contributed by atoms with E-state index < -0.39 is 0 Å². The maximum atomic E-state index is 12.2. The third-order valence-corrected chi connectivity index (χ3v) is 5.18. The van der Waals surface area contributed by atoms with Gasteiger partial charge in [-0.05, 0) is 38.0 Å². The van der Waals surface area contributed by atoms with Crippen LogP contribution in [-0.2, 0) is 19.1 Å². The third kappa shape index (κ3) is 6.10. The fraction of sp³-hybridized carbons (Fsp3) is 0.450. The summed E-state index contributed by atoms with van der Waals surface area (Å²) in [5, 5.41) is 6.82. The van der Waals surface area contributed by atoms with E-state index in [1.54, 1.807) is 13.0 Å². The summed E-state index contributed by atoms with van der Waals surface area (Å²) in [7, 11) is 0. The highest BCUT2D eigenvalue weighted by Gasteiger charge is 2.18. The van der Waals surface area contributed by atoms with Gasteiger partial charge in [-0.3, -0.25) is 9.59 Å². The Kier molecular flexibility index (Phi) is 7.50. The Bertz CT molecular complexity index is 772. The van der Waals surface area contributed by atoms with Crippen LogP contribution in [0.2, 0.25) is 0 Å². The van der Waals surface area contributed by atoms with Gasteiger partial charge in [0.2, 0.25) is 5.91 Å². The monoisotopic (exact) mass is 403 g/mol. The Hall–Kier alpha value is -2.32. The molecule has 1 fully saturated rings. The molecule has 28 heavy (non-hydrogen) atoms. The van der Waals surface area contributed by atoms with Crippen LogP contribution in [-0.4, -0.2) is 48.5 Å². The summed E-state index contributed by atoms with van der Waals surface area (Å²) in [5.74, 6) is -0.120. The van der Waals surface area contributed by atoms with Crippen LogP contribution >= 0.6 is 11.8 Å². The van der Waals surface area contributed by atoms with E-state index in [9.17, 15) is 9.59 Å². The van der Waals surface area contributed by atoms with Crippen LogP contribution < -0.4 is 10.6 Å². The first-order valence-electron chi connectivity index (χ1n) is 9.46. The van der Waals surface area contributed by atoms with Crippen molar-refractivity contribution < 1.29 is 19.1 Å². The molecule has 1 saturated heterocycles. The maximum absolute atomic E-state index is 12.2. The summed E-state index contributed by atoms with van der Waals surface area (Å²) in [6, 6.07) is 7.60. The van der Waals surface area contributed by atoms with Crippen molar-refractivity contribution in [1.82, 2.24) is 5.32 Å². The Balaban J connectivity index is 1.63. The van der Waals surface area contributed by atoms with E-state index in [-0.39, 0.29) is 30.2 Å². The first kappa shape index (κ1) is 20.4. The van der Waals surface area contributed by atoms with Crippen LogP contribution in [0.1, 0.15) is 26.2 Å². The molecular formula is C20H25N3O4S. The quantitative estimate of drug-likeness (QED) is 0.681. The molecule has 1 aromatic rings. The summed E-state index contributed by atoms with van der Waals surface area (Å²) >= 11 is 1.34. The molecule has 0 unspecified atom stereocenters. The van der Waals surface area contributed by atoms with E-state index >= 15 is 0 Å². The molecule has 2 aliphatic rings. The first-order valence-corrected chi connectivity index (χ1v) is 10.4. The number of ether oxygens (including phenoxy) is 2.